The summed E-state index contributed by atoms with van der Waals surface area (Å²) < 4.78 is 46.0. The molecule has 0 saturated carbocycles. The Morgan fingerprint density at radius 1 is 0.833 bits per heavy atom. The van der Waals surface area contributed by atoms with Gasteiger partial charge in [-0.15, -0.1) is 0 Å². The first-order valence-corrected chi connectivity index (χ1v) is 11.1. The summed E-state index contributed by atoms with van der Waals surface area (Å²) in [7, 11) is 2.90. The number of methoxy groups -OCH3 is 2. The van der Waals surface area contributed by atoms with Crippen LogP contribution in [-0.2, 0) is 6.61 Å². The minimum atomic E-state index is -2.99. The number of ketones is 1. The quantitative estimate of drug-likeness (QED) is 0.178. The molecule has 0 unspecified atom stereocenters. The molecule has 7 heteroatoms. The molecule has 0 aliphatic carbocycles. The van der Waals surface area contributed by atoms with Crippen molar-refractivity contribution in [2.24, 2.45) is 0 Å². The second-order valence-corrected chi connectivity index (χ2v) is 7.81. The van der Waals surface area contributed by atoms with Crippen molar-refractivity contribution >= 4 is 22.6 Å². The fourth-order valence-electron chi connectivity index (χ4n) is 3.72. The zero-order valence-corrected chi connectivity index (χ0v) is 19.7. The number of rotatable bonds is 10. The van der Waals surface area contributed by atoms with Gasteiger partial charge in [-0.1, -0.05) is 42.5 Å². The van der Waals surface area contributed by atoms with Gasteiger partial charge in [-0.2, -0.15) is 8.78 Å². The Morgan fingerprint density at radius 3 is 2.33 bits per heavy atom. The Balaban J connectivity index is 1.48. The maximum Gasteiger partial charge on any atom is 0.387 e. The summed E-state index contributed by atoms with van der Waals surface area (Å²) in [6.45, 7) is -2.71. The van der Waals surface area contributed by atoms with Crippen LogP contribution < -0.4 is 18.9 Å². The van der Waals surface area contributed by atoms with Crippen molar-refractivity contribution in [3.8, 4) is 23.0 Å². The highest BCUT2D eigenvalue weighted by Crippen LogP contribution is 2.30. The monoisotopic (exact) mass is 490 g/mol. The van der Waals surface area contributed by atoms with Crippen LogP contribution in [0.25, 0.3) is 16.8 Å². The molecule has 0 bridgehead atoms. The molecule has 0 atom stereocenters. The number of halogens is 2. The molecule has 0 fully saturated rings. The number of hydrogen-bond acceptors (Lipinski definition) is 5. The molecule has 4 aromatic rings. The standard InChI is InChI=1S/C29H24F2O5/c1-33-26-13-8-19(7-12-25(32)22-10-14-27(36-29(30)31)28(17-22)34-2)15-23(26)18-35-24-11-9-20-5-3-4-6-21(20)16-24/h3-17,29H,18H2,1-2H3/b12-7+. The summed E-state index contributed by atoms with van der Waals surface area (Å²) >= 11 is 0. The molecule has 0 heterocycles. The van der Waals surface area contributed by atoms with E-state index in [0.29, 0.717) is 5.75 Å². The zero-order valence-electron chi connectivity index (χ0n) is 19.7. The van der Waals surface area contributed by atoms with Gasteiger partial charge in [0.05, 0.1) is 14.2 Å². The lowest BCUT2D eigenvalue weighted by molar-refractivity contribution is -0.0512. The van der Waals surface area contributed by atoms with Crippen molar-refractivity contribution in [2.75, 3.05) is 14.2 Å². The van der Waals surface area contributed by atoms with Crippen molar-refractivity contribution in [1.82, 2.24) is 0 Å². The molecule has 0 N–H and O–H groups in total. The van der Waals surface area contributed by atoms with Crippen molar-refractivity contribution in [3.63, 3.8) is 0 Å². The predicted molar refractivity (Wildman–Crippen MR) is 134 cm³/mol. The van der Waals surface area contributed by atoms with E-state index in [1.165, 1.54) is 31.4 Å². The summed E-state index contributed by atoms with van der Waals surface area (Å²) in [5.41, 5.74) is 1.86. The Labute approximate surface area is 207 Å². The molecule has 0 aliphatic rings. The van der Waals surface area contributed by atoms with Crippen molar-refractivity contribution in [1.29, 1.82) is 0 Å². The summed E-state index contributed by atoms with van der Waals surface area (Å²) in [6, 6.07) is 23.5. The highest BCUT2D eigenvalue weighted by atomic mass is 19.3. The molecule has 4 aromatic carbocycles. The molecule has 0 aromatic heterocycles. The Hall–Kier alpha value is -4.39. The summed E-state index contributed by atoms with van der Waals surface area (Å²) in [6.07, 6.45) is 3.07. The van der Waals surface area contributed by atoms with E-state index in [1.54, 1.807) is 13.2 Å². The number of benzene rings is 4. The largest absolute Gasteiger partial charge is 0.496 e. The number of ether oxygens (including phenoxy) is 4. The van der Waals surface area contributed by atoms with Gasteiger partial charge in [-0.25, -0.2) is 0 Å². The molecular formula is C29H24F2O5. The highest BCUT2D eigenvalue weighted by Gasteiger charge is 2.13. The van der Waals surface area contributed by atoms with E-state index in [4.69, 9.17) is 14.2 Å². The van der Waals surface area contributed by atoms with Crippen LogP contribution in [0.15, 0.2) is 84.9 Å². The third-order valence-electron chi connectivity index (χ3n) is 5.51. The summed E-state index contributed by atoms with van der Waals surface area (Å²) in [4.78, 5) is 12.7. The maximum absolute atomic E-state index is 12.7. The van der Waals surface area contributed by atoms with E-state index in [9.17, 15) is 13.6 Å². The molecule has 0 amide bonds. The number of hydrogen-bond donors (Lipinski definition) is 0. The van der Waals surface area contributed by atoms with Crippen molar-refractivity contribution in [3.05, 3.63) is 102 Å². The van der Waals surface area contributed by atoms with Crippen LogP contribution >= 0.6 is 0 Å². The number of carbonyl (C=O) groups excluding carboxylic acids is 1. The summed E-state index contributed by atoms with van der Waals surface area (Å²) in [5, 5.41) is 2.22. The predicted octanol–water partition coefficient (Wildman–Crippen LogP) is 6.93. The minimum Gasteiger partial charge on any atom is -0.496 e. The molecule has 0 radical (unpaired) electrons. The molecule has 5 nitrogen and oxygen atoms in total. The first kappa shape index (κ1) is 24.7. The van der Waals surface area contributed by atoms with Gasteiger partial charge in [-0.05, 0) is 64.9 Å². The van der Waals surface area contributed by atoms with Crippen LogP contribution in [0.4, 0.5) is 8.78 Å². The molecule has 0 saturated heterocycles. The van der Waals surface area contributed by atoms with E-state index in [0.717, 1.165) is 27.6 Å². The zero-order chi connectivity index (χ0) is 25.5. The first-order valence-electron chi connectivity index (χ1n) is 11.1. The first-order chi connectivity index (χ1) is 17.5. The van der Waals surface area contributed by atoms with Crippen LogP contribution in [0.5, 0.6) is 23.0 Å². The fourth-order valence-corrected chi connectivity index (χ4v) is 3.72. The molecule has 36 heavy (non-hydrogen) atoms. The lowest BCUT2D eigenvalue weighted by Gasteiger charge is -2.12. The van der Waals surface area contributed by atoms with E-state index in [2.05, 4.69) is 4.74 Å². The van der Waals surface area contributed by atoms with Crippen molar-refractivity contribution < 1.29 is 32.5 Å². The van der Waals surface area contributed by atoms with Gasteiger partial charge >= 0.3 is 6.61 Å². The highest BCUT2D eigenvalue weighted by molar-refractivity contribution is 6.07. The molecule has 0 aliphatic heterocycles. The number of carbonyl (C=O) groups is 1. The van der Waals surface area contributed by atoms with Gasteiger partial charge in [0.15, 0.2) is 17.3 Å². The summed E-state index contributed by atoms with van der Waals surface area (Å²) in [5.74, 6) is 0.992. The van der Waals surface area contributed by atoms with Crippen LogP contribution in [-0.4, -0.2) is 26.6 Å². The normalized spacial score (nSPS) is 11.1. The van der Waals surface area contributed by atoms with Crippen LogP contribution in [0.1, 0.15) is 21.5 Å². The third kappa shape index (κ3) is 5.99. The second kappa shape index (κ2) is 11.4. The molecular weight excluding hydrogens is 466 g/mol. The molecule has 184 valence electrons. The van der Waals surface area contributed by atoms with Crippen LogP contribution in [0.2, 0.25) is 0 Å². The van der Waals surface area contributed by atoms with Gasteiger partial charge in [0, 0.05) is 11.1 Å². The average molecular weight is 491 g/mol. The van der Waals surface area contributed by atoms with E-state index in [1.807, 2.05) is 60.7 Å². The number of fused-ring (bicyclic) bond motifs is 1. The lowest BCUT2D eigenvalue weighted by Crippen LogP contribution is -2.04. The van der Waals surface area contributed by atoms with Crippen LogP contribution in [0.3, 0.4) is 0 Å². The SMILES string of the molecule is COc1ccc(/C=C/C(=O)c2ccc(OC(F)F)c(OC)c2)cc1COc1ccc2ccccc2c1. The van der Waals surface area contributed by atoms with E-state index < -0.39 is 6.61 Å². The van der Waals surface area contributed by atoms with Gasteiger partial charge in [0.1, 0.15) is 18.1 Å². The van der Waals surface area contributed by atoms with Gasteiger partial charge in [-0.3, -0.25) is 4.79 Å². The second-order valence-electron chi connectivity index (χ2n) is 7.81. The number of alkyl halides is 2. The van der Waals surface area contributed by atoms with Crippen molar-refractivity contribution in [2.45, 2.75) is 13.2 Å². The Morgan fingerprint density at radius 2 is 1.58 bits per heavy atom. The minimum absolute atomic E-state index is 0.0483. The van der Waals surface area contributed by atoms with Gasteiger partial charge in [0.2, 0.25) is 0 Å². The number of allylic oxidation sites excluding steroid dienone is 1. The smallest absolute Gasteiger partial charge is 0.387 e. The topological polar surface area (TPSA) is 54.0 Å². The van der Waals surface area contributed by atoms with Gasteiger partial charge < -0.3 is 18.9 Å². The molecule has 0 spiro atoms. The lowest BCUT2D eigenvalue weighted by atomic mass is 10.1. The fraction of sp³-hybridized carbons (Fsp3) is 0.138. The Kier molecular flexibility index (Phi) is 7.80. The third-order valence-corrected chi connectivity index (χ3v) is 5.51. The average Bonchev–Trinajstić information content (AvgIpc) is 2.90. The van der Waals surface area contributed by atoms with Crippen LogP contribution in [0, 0.1) is 0 Å². The Bertz CT molecular complexity index is 1400. The van der Waals surface area contributed by atoms with E-state index in [-0.39, 0.29) is 29.5 Å². The van der Waals surface area contributed by atoms with Gasteiger partial charge in [0.25, 0.3) is 0 Å². The molecule has 4 rings (SSSR count). The van der Waals surface area contributed by atoms with E-state index >= 15 is 0 Å². The maximum atomic E-state index is 12.7.